The topological polar surface area (TPSA) is 78.9 Å². The van der Waals surface area contributed by atoms with Crippen LogP contribution in [-0.4, -0.2) is 24.0 Å². The van der Waals surface area contributed by atoms with Gasteiger partial charge in [-0.15, -0.1) is 0 Å². The minimum Gasteiger partial charge on any atom is -0.454 e. The molecule has 0 radical (unpaired) electrons. The van der Waals surface area contributed by atoms with E-state index >= 15 is 0 Å². The third-order valence-corrected chi connectivity index (χ3v) is 5.28. The summed E-state index contributed by atoms with van der Waals surface area (Å²) in [6.45, 7) is 3.87. The summed E-state index contributed by atoms with van der Waals surface area (Å²) in [4.78, 5) is 36.0. The Labute approximate surface area is 179 Å². The van der Waals surface area contributed by atoms with Crippen LogP contribution in [0.2, 0.25) is 0 Å². The Kier molecular flexibility index (Phi) is 5.46. The Hall–Kier alpha value is -3.67. The van der Waals surface area contributed by atoms with E-state index in [0.29, 0.717) is 5.56 Å². The Balaban J connectivity index is 2.07. The highest BCUT2D eigenvalue weighted by molar-refractivity contribution is 5.96. The van der Waals surface area contributed by atoms with Gasteiger partial charge >= 0.3 is 17.9 Å². The number of esters is 3. The lowest BCUT2D eigenvalue weighted by Gasteiger charge is -2.38. The Morgan fingerprint density at radius 3 is 1.97 bits per heavy atom. The molecule has 3 atom stereocenters. The molecule has 0 fully saturated rings. The highest BCUT2D eigenvalue weighted by Gasteiger charge is 2.45. The summed E-state index contributed by atoms with van der Waals surface area (Å²) in [5, 5.41) is 1.73. The van der Waals surface area contributed by atoms with Gasteiger partial charge in [-0.1, -0.05) is 60.7 Å². The zero-order valence-electron chi connectivity index (χ0n) is 17.5. The van der Waals surface area contributed by atoms with Gasteiger partial charge in [-0.3, -0.25) is 14.4 Å². The van der Waals surface area contributed by atoms with Crippen molar-refractivity contribution in [3.8, 4) is 11.1 Å². The van der Waals surface area contributed by atoms with Crippen LogP contribution < -0.4 is 0 Å². The van der Waals surface area contributed by atoms with Crippen molar-refractivity contribution >= 4 is 28.7 Å². The number of hydrogen-bond acceptors (Lipinski definition) is 6. The second-order valence-electron chi connectivity index (χ2n) is 7.47. The zero-order chi connectivity index (χ0) is 22.1. The molecule has 0 saturated heterocycles. The predicted octanol–water partition coefficient (Wildman–Crippen LogP) is 4.66. The fourth-order valence-electron chi connectivity index (χ4n) is 4.27. The molecule has 0 heterocycles. The third kappa shape index (κ3) is 3.89. The third-order valence-electron chi connectivity index (χ3n) is 5.28. The minimum atomic E-state index is -1.02. The SMILES string of the molecule is CC(=O)O[C@@H]1[C@@H](OC(C)=O)c2cccc3ccc(-c4ccccc4)c(c23)[C@@H]1OC(C)=O. The van der Waals surface area contributed by atoms with Crippen LogP contribution in [0.25, 0.3) is 21.9 Å². The summed E-state index contributed by atoms with van der Waals surface area (Å²) in [5.41, 5.74) is 3.21. The van der Waals surface area contributed by atoms with E-state index in [1.165, 1.54) is 20.8 Å². The van der Waals surface area contributed by atoms with Crippen molar-refractivity contribution in [2.75, 3.05) is 0 Å². The van der Waals surface area contributed by atoms with Crippen LogP contribution in [-0.2, 0) is 28.6 Å². The van der Waals surface area contributed by atoms with Crippen LogP contribution in [0.15, 0.2) is 60.7 Å². The second-order valence-corrected chi connectivity index (χ2v) is 7.47. The molecule has 0 N–H and O–H groups in total. The second kappa shape index (κ2) is 8.22. The first kappa shape index (κ1) is 20.6. The van der Waals surface area contributed by atoms with Gasteiger partial charge in [-0.25, -0.2) is 0 Å². The number of hydrogen-bond donors (Lipinski definition) is 0. The molecule has 1 aliphatic rings. The quantitative estimate of drug-likeness (QED) is 0.453. The van der Waals surface area contributed by atoms with E-state index in [2.05, 4.69) is 0 Å². The summed E-state index contributed by atoms with van der Waals surface area (Å²) in [7, 11) is 0. The first-order chi connectivity index (χ1) is 14.9. The molecule has 158 valence electrons. The maximum absolute atomic E-state index is 12.1. The minimum absolute atomic E-state index is 0.525. The van der Waals surface area contributed by atoms with Crippen molar-refractivity contribution in [2.24, 2.45) is 0 Å². The highest BCUT2D eigenvalue weighted by Crippen LogP contribution is 2.49. The normalized spacial score (nSPS) is 19.5. The van der Waals surface area contributed by atoms with Crippen LogP contribution in [0.4, 0.5) is 0 Å². The lowest BCUT2D eigenvalue weighted by molar-refractivity contribution is -0.185. The summed E-state index contributed by atoms with van der Waals surface area (Å²) in [6.07, 6.45) is -2.87. The summed E-state index contributed by atoms with van der Waals surface area (Å²) in [6, 6.07) is 19.3. The summed E-state index contributed by atoms with van der Waals surface area (Å²) >= 11 is 0. The zero-order valence-corrected chi connectivity index (χ0v) is 17.5. The fraction of sp³-hybridized carbons (Fsp3) is 0.240. The van der Waals surface area contributed by atoms with Crippen LogP contribution in [0.5, 0.6) is 0 Å². The van der Waals surface area contributed by atoms with Gasteiger partial charge < -0.3 is 14.2 Å². The molecule has 3 aromatic carbocycles. The molecule has 6 heteroatoms. The number of ether oxygens (including phenoxy) is 3. The van der Waals surface area contributed by atoms with Gasteiger partial charge in [0.2, 0.25) is 0 Å². The van der Waals surface area contributed by atoms with E-state index < -0.39 is 36.2 Å². The van der Waals surface area contributed by atoms with Gasteiger partial charge in [0, 0.05) is 31.9 Å². The van der Waals surface area contributed by atoms with E-state index in [4.69, 9.17) is 14.2 Å². The molecule has 0 saturated carbocycles. The number of carbonyl (C=O) groups is 3. The maximum Gasteiger partial charge on any atom is 0.303 e. The molecule has 0 bridgehead atoms. The molecule has 4 rings (SSSR count). The fourth-order valence-corrected chi connectivity index (χ4v) is 4.27. The van der Waals surface area contributed by atoms with E-state index in [9.17, 15) is 14.4 Å². The van der Waals surface area contributed by atoms with Crippen LogP contribution in [0.1, 0.15) is 44.1 Å². The molecule has 0 amide bonds. The number of rotatable bonds is 4. The van der Waals surface area contributed by atoms with Gasteiger partial charge in [0.05, 0.1) is 0 Å². The lowest BCUT2D eigenvalue weighted by atomic mass is 9.79. The van der Waals surface area contributed by atoms with Gasteiger partial charge in [0.1, 0.15) is 0 Å². The van der Waals surface area contributed by atoms with Crippen LogP contribution >= 0.6 is 0 Å². The monoisotopic (exact) mass is 418 g/mol. The first-order valence-corrected chi connectivity index (χ1v) is 9.99. The van der Waals surface area contributed by atoms with E-state index in [-0.39, 0.29) is 0 Å². The maximum atomic E-state index is 12.1. The largest absolute Gasteiger partial charge is 0.454 e. The predicted molar refractivity (Wildman–Crippen MR) is 114 cm³/mol. The van der Waals surface area contributed by atoms with Crippen molar-refractivity contribution in [3.05, 3.63) is 71.8 Å². The van der Waals surface area contributed by atoms with Crippen molar-refractivity contribution in [1.82, 2.24) is 0 Å². The number of carbonyl (C=O) groups excluding carboxylic acids is 3. The lowest BCUT2D eigenvalue weighted by Crippen LogP contribution is -2.38. The standard InChI is InChI=1S/C25H22O6/c1-14(26)29-23-20-11-7-10-18-12-13-19(17-8-5-4-6-9-17)22(21(18)20)24(30-15(2)27)25(23)31-16(3)28/h4-13,23-25H,1-3H3/t23-,24-,25+/m0/s1. The van der Waals surface area contributed by atoms with E-state index in [0.717, 1.165) is 27.5 Å². The summed E-state index contributed by atoms with van der Waals surface area (Å²) in [5.74, 6) is -1.62. The molecule has 0 aliphatic heterocycles. The molecule has 0 spiro atoms. The van der Waals surface area contributed by atoms with Crippen molar-refractivity contribution in [1.29, 1.82) is 0 Å². The Bertz CT molecular complexity index is 1170. The van der Waals surface area contributed by atoms with Crippen molar-refractivity contribution in [2.45, 2.75) is 39.1 Å². The highest BCUT2D eigenvalue weighted by atomic mass is 16.6. The van der Waals surface area contributed by atoms with E-state index in [1.54, 1.807) is 0 Å². The smallest absolute Gasteiger partial charge is 0.303 e. The summed E-state index contributed by atoms with van der Waals surface area (Å²) < 4.78 is 16.9. The molecular formula is C25H22O6. The van der Waals surface area contributed by atoms with Gasteiger partial charge in [-0.05, 0) is 21.9 Å². The average molecular weight is 418 g/mol. The van der Waals surface area contributed by atoms with Gasteiger partial charge in [-0.2, -0.15) is 0 Å². The molecule has 6 nitrogen and oxygen atoms in total. The molecule has 1 aliphatic carbocycles. The number of benzene rings is 3. The van der Waals surface area contributed by atoms with E-state index in [1.807, 2.05) is 60.7 Å². The first-order valence-electron chi connectivity index (χ1n) is 9.99. The average Bonchev–Trinajstić information content (AvgIpc) is 2.73. The van der Waals surface area contributed by atoms with Crippen LogP contribution in [0.3, 0.4) is 0 Å². The molecule has 3 aromatic rings. The molecule has 0 unspecified atom stereocenters. The Morgan fingerprint density at radius 2 is 1.32 bits per heavy atom. The van der Waals surface area contributed by atoms with Crippen molar-refractivity contribution in [3.63, 3.8) is 0 Å². The molecule has 31 heavy (non-hydrogen) atoms. The Morgan fingerprint density at radius 1 is 0.677 bits per heavy atom. The van der Waals surface area contributed by atoms with Gasteiger partial charge in [0.25, 0.3) is 0 Å². The van der Waals surface area contributed by atoms with Crippen LogP contribution in [0, 0.1) is 0 Å². The molecule has 0 aromatic heterocycles. The van der Waals surface area contributed by atoms with Crippen molar-refractivity contribution < 1.29 is 28.6 Å². The molecular weight excluding hydrogens is 396 g/mol. The van der Waals surface area contributed by atoms with Gasteiger partial charge in [0.15, 0.2) is 18.3 Å².